The average molecular weight is 199 g/mol. The summed E-state index contributed by atoms with van der Waals surface area (Å²) in [6.45, 7) is 2.09. The molecule has 1 aromatic carbocycles. The molecule has 0 aliphatic carbocycles. The number of aryl methyl sites for hydroxylation is 1. The molecule has 0 N–H and O–H groups in total. The second-order valence-electron chi connectivity index (χ2n) is 3.13. The van der Waals surface area contributed by atoms with Gasteiger partial charge in [-0.1, -0.05) is 12.1 Å². The molecule has 0 radical (unpaired) electrons. The van der Waals surface area contributed by atoms with Crippen molar-refractivity contribution in [3.8, 4) is 16.5 Å². The molecule has 0 amide bonds. The van der Waals surface area contributed by atoms with Crippen LogP contribution in [0.5, 0.6) is 0 Å². The Morgan fingerprint density at radius 3 is 2.79 bits per heavy atom. The van der Waals surface area contributed by atoms with Crippen LogP contribution < -0.4 is 0 Å². The average Bonchev–Trinajstić information content (AvgIpc) is 2.65. The highest BCUT2D eigenvalue weighted by molar-refractivity contribution is 7.13. The molecular weight excluding hydrogens is 190 g/mol. The van der Waals surface area contributed by atoms with Crippen molar-refractivity contribution in [2.45, 2.75) is 6.92 Å². The lowest BCUT2D eigenvalue weighted by atomic mass is 10.1. The quantitative estimate of drug-likeness (QED) is 0.688. The lowest BCUT2D eigenvalue weighted by Gasteiger charge is -1.99. The molecule has 0 aliphatic heterocycles. The predicted octanol–water partition coefficient (Wildman–Crippen LogP) is 3.60. The van der Waals surface area contributed by atoms with Gasteiger partial charge in [0.15, 0.2) is 0 Å². The SMILES string of the molecule is Cc1ccsc1-c1cccc(C#N)c1. The van der Waals surface area contributed by atoms with Crippen molar-refractivity contribution < 1.29 is 0 Å². The lowest BCUT2D eigenvalue weighted by molar-refractivity contribution is 1.48. The molecule has 0 unspecified atom stereocenters. The van der Waals surface area contributed by atoms with Crippen molar-refractivity contribution in [3.63, 3.8) is 0 Å². The molecule has 1 nitrogen and oxygen atoms in total. The van der Waals surface area contributed by atoms with E-state index in [2.05, 4.69) is 24.4 Å². The number of hydrogen-bond donors (Lipinski definition) is 0. The summed E-state index contributed by atoms with van der Waals surface area (Å²) in [6, 6.07) is 12.0. The molecule has 2 heteroatoms. The fraction of sp³-hybridized carbons (Fsp3) is 0.0833. The maximum Gasteiger partial charge on any atom is 0.0991 e. The zero-order valence-corrected chi connectivity index (χ0v) is 8.64. The van der Waals surface area contributed by atoms with Crippen LogP contribution >= 0.6 is 11.3 Å². The van der Waals surface area contributed by atoms with Crippen molar-refractivity contribution in [3.05, 3.63) is 46.8 Å². The van der Waals surface area contributed by atoms with Gasteiger partial charge in [-0.2, -0.15) is 5.26 Å². The minimum Gasteiger partial charge on any atom is -0.192 e. The molecule has 14 heavy (non-hydrogen) atoms. The third kappa shape index (κ3) is 1.55. The second-order valence-corrected chi connectivity index (χ2v) is 4.04. The standard InChI is InChI=1S/C12H9NS/c1-9-5-6-14-12(9)11-4-2-3-10(7-11)8-13/h2-7H,1H3. The van der Waals surface area contributed by atoms with Crippen LogP contribution in [0.15, 0.2) is 35.7 Å². The fourth-order valence-corrected chi connectivity index (χ4v) is 2.32. The van der Waals surface area contributed by atoms with Crippen LogP contribution in [0.2, 0.25) is 0 Å². The molecule has 0 atom stereocenters. The molecule has 0 saturated heterocycles. The third-order valence-corrected chi connectivity index (χ3v) is 3.18. The van der Waals surface area contributed by atoms with Gasteiger partial charge in [0.25, 0.3) is 0 Å². The van der Waals surface area contributed by atoms with E-state index in [1.807, 2.05) is 24.3 Å². The maximum absolute atomic E-state index is 8.78. The van der Waals surface area contributed by atoms with E-state index in [-0.39, 0.29) is 0 Å². The van der Waals surface area contributed by atoms with Gasteiger partial charge in [0, 0.05) is 4.88 Å². The van der Waals surface area contributed by atoms with Gasteiger partial charge >= 0.3 is 0 Å². The number of thiophene rings is 1. The van der Waals surface area contributed by atoms with Crippen LogP contribution in [-0.4, -0.2) is 0 Å². The Hall–Kier alpha value is -1.59. The summed E-state index contributed by atoms with van der Waals surface area (Å²) in [5.74, 6) is 0. The number of nitrogens with zero attached hydrogens (tertiary/aromatic N) is 1. The smallest absolute Gasteiger partial charge is 0.0991 e. The minimum atomic E-state index is 0.718. The first-order valence-corrected chi connectivity index (χ1v) is 5.24. The molecule has 0 bridgehead atoms. The van der Waals surface area contributed by atoms with Gasteiger partial charge in [-0.25, -0.2) is 0 Å². The van der Waals surface area contributed by atoms with Gasteiger partial charge in [-0.15, -0.1) is 11.3 Å². The minimum absolute atomic E-state index is 0.718. The first-order chi connectivity index (χ1) is 6.81. The molecule has 0 saturated carbocycles. The molecule has 2 aromatic rings. The van der Waals surface area contributed by atoms with E-state index in [0.29, 0.717) is 0 Å². The summed E-state index contributed by atoms with van der Waals surface area (Å²) in [7, 11) is 0. The fourth-order valence-electron chi connectivity index (χ4n) is 1.40. The molecule has 0 spiro atoms. The predicted molar refractivity (Wildman–Crippen MR) is 59.2 cm³/mol. The highest BCUT2D eigenvalue weighted by Gasteiger charge is 2.03. The first-order valence-electron chi connectivity index (χ1n) is 4.36. The van der Waals surface area contributed by atoms with Gasteiger partial charge in [-0.05, 0) is 41.6 Å². The molecule has 68 valence electrons. The first kappa shape index (κ1) is 8.98. The number of nitriles is 1. The van der Waals surface area contributed by atoms with E-state index >= 15 is 0 Å². The third-order valence-electron chi connectivity index (χ3n) is 2.12. The summed E-state index contributed by atoms with van der Waals surface area (Å²) < 4.78 is 0. The summed E-state index contributed by atoms with van der Waals surface area (Å²) in [5.41, 5.74) is 3.12. The van der Waals surface area contributed by atoms with Gasteiger partial charge < -0.3 is 0 Å². The van der Waals surface area contributed by atoms with Crippen LogP contribution in [0.25, 0.3) is 10.4 Å². The normalized spacial score (nSPS) is 9.71. The number of benzene rings is 1. The van der Waals surface area contributed by atoms with Crippen molar-refractivity contribution in [1.82, 2.24) is 0 Å². The van der Waals surface area contributed by atoms with Gasteiger partial charge in [0.2, 0.25) is 0 Å². The zero-order valence-electron chi connectivity index (χ0n) is 7.82. The van der Waals surface area contributed by atoms with Crippen molar-refractivity contribution in [2.24, 2.45) is 0 Å². The Balaban J connectivity index is 2.53. The highest BCUT2D eigenvalue weighted by Crippen LogP contribution is 2.29. The Bertz CT molecular complexity index is 491. The zero-order chi connectivity index (χ0) is 9.97. The Kier molecular flexibility index (Phi) is 2.34. The maximum atomic E-state index is 8.78. The molecule has 0 aliphatic rings. The van der Waals surface area contributed by atoms with E-state index in [0.717, 1.165) is 11.1 Å². The van der Waals surface area contributed by atoms with E-state index < -0.39 is 0 Å². The van der Waals surface area contributed by atoms with E-state index in [4.69, 9.17) is 5.26 Å². The van der Waals surface area contributed by atoms with E-state index in [9.17, 15) is 0 Å². The van der Waals surface area contributed by atoms with Crippen molar-refractivity contribution >= 4 is 11.3 Å². The highest BCUT2D eigenvalue weighted by atomic mass is 32.1. The number of rotatable bonds is 1. The molecule has 2 rings (SSSR count). The van der Waals surface area contributed by atoms with Crippen molar-refractivity contribution in [2.75, 3.05) is 0 Å². The van der Waals surface area contributed by atoms with Crippen molar-refractivity contribution in [1.29, 1.82) is 5.26 Å². The summed E-state index contributed by atoms with van der Waals surface area (Å²) in [4.78, 5) is 1.25. The van der Waals surface area contributed by atoms with Crippen LogP contribution in [0, 0.1) is 18.3 Å². The van der Waals surface area contributed by atoms with E-state index in [1.165, 1.54) is 10.4 Å². The molecule has 1 heterocycles. The Labute approximate surface area is 87.3 Å². The van der Waals surface area contributed by atoms with Gasteiger partial charge in [0.1, 0.15) is 0 Å². The van der Waals surface area contributed by atoms with Crippen LogP contribution in [-0.2, 0) is 0 Å². The van der Waals surface area contributed by atoms with Crippen LogP contribution in [0.4, 0.5) is 0 Å². The van der Waals surface area contributed by atoms with Crippen LogP contribution in [0.3, 0.4) is 0 Å². The Morgan fingerprint density at radius 1 is 1.29 bits per heavy atom. The molecule has 0 fully saturated rings. The topological polar surface area (TPSA) is 23.8 Å². The largest absolute Gasteiger partial charge is 0.192 e. The molecular formula is C12H9NS. The van der Waals surface area contributed by atoms with E-state index in [1.54, 1.807) is 11.3 Å². The lowest BCUT2D eigenvalue weighted by Crippen LogP contribution is -1.78. The monoisotopic (exact) mass is 199 g/mol. The van der Waals surface area contributed by atoms with Gasteiger partial charge in [0.05, 0.1) is 11.6 Å². The summed E-state index contributed by atoms with van der Waals surface area (Å²) in [5, 5.41) is 10.9. The number of hydrogen-bond acceptors (Lipinski definition) is 2. The van der Waals surface area contributed by atoms with Crippen LogP contribution in [0.1, 0.15) is 11.1 Å². The summed E-state index contributed by atoms with van der Waals surface area (Å²) >= 11 is 1.71. The Morgan fingerprint density at radius 2 is 2.14 bits per heavy atom. The molecule has 1 aromatic heterocycles. The van der Waals surface area contributed by atoms with Gasteiger partial charge in [-0.3, -0.25) is 0 Å². The summed E-state index contributed by atoms with van der Waals surface area (Å²) in [6.07, 6.45) is 0. The second kappa shape index (κ2) is 3.65.